The molecule has 0 aromatic carbocycles. The van der Waals surface area contributed by atoms with Gasteiger partial charge in [0, 0.05) is 127 Å². The zero-order valence-electron chi connectivity index (χ0n) is 106. The number of likely N-dealkylation sites (N-methyl/N-ethyl adjacent to an activating group) is 1. The Bertz CT molecular complexity index is 3510. The van der Waals surface area contributed by atoms with Crippen LogP contribution in [0.3, 0.4) is 0 Å². The molecule has 7 saturated heterocycles. The number of piperidine rings is 1. The molecule has 0 bridgehead atoms. The normalized spacial score (nSPS) is 19.4. The van der Waals surface area contributed by atoms with Gasteiger partial charge in [-0.2, -0.15) is 0 Å². The molecular weight excluding hydrogens is 1830 g/mol. The summed E-state index contributed by atoms with van der Waals surface area (Å²) in [6.45, 7) is 113. The van der Waals surface area contributed by atoms with Crippen LogP contribution in [0.15, 0.2) is 0 Å². The first-order chi connectivity index (χ1) is 66.6. The molecule has 7 rings (SSSR count). The highest BCUT2D eigenvalue weighted by Crippen LogP contribution is 2.44. The lowest BCUT2D eigenvalue weighted by Crippen LogP contribution is -2.58. The Hall–Kier alpha value is -3.91. The third-order valence-corrected chi connectivity index (χ3v) is 31.3. The molecule has 7 heterocycles. The van der Waals surface area contributed by atoms with Crippen molar-refractivity contribution in [3.05, 3.63) is 0 Å². The second kappa shape index (κ2) is 62.9. The largest absolute Gasteiger partial charge is 0.457 e. The van der Waals surface area contributed by atoms with E-state index in [1.807, 2.05) is 14.7 Å². The summed E-state index contributed by atoms with van der Waals surface area (Å²) in [7, 11) is 2.13. The molecule has 7 fully saturated rings. The Balaban J connectivity index is 0.000000858. The monoisotopic (exact) mass is 2080 g/mol. The minimum atomic E-state index is -0.324. The summed E-state index contributed by atoms with van der Waals surface area (Å²) in [6.07, 6.45) is 36.1. The van der Waals surface area contributed by atoms with Crippen LogP contribution in [-0.4, -0.2) is 229 Å². The van der Waals surface area contributed by atoms with Crippen LogP contribution in [0, 0.1) is 123 Å². The number of carbonyl (C=O) groups excluding carboxylic acids is 7. The minimum Gasteiger partial charge on any atom is -0.457 e. The molecule has 8 unspecified atom stereocenters. The molecular formula is C128H249N7O12. The average Bonchev–Trinajstić information content (AvgIpc) is 1.08. The fraction of sp³-hybridized carbons (Fsp3) is 0.945. The Kier molecular flexibility index (Phi) is 60.4. The average molecular weight is 2080 g/mol. The summed E-state index contributed by atoms with van der Waals surface area (Å²) in [4.78, 5) is 104. The van der Waals surface area contributed by atoms with Crippen LogP contribution in [0.25, 0.3) is 0 Å². The standard InChI is InChI=1S/C19H38N2O.C19H37NO2.C19H37NO.2C18H35NO2.C18H35NO.C17H32O3/c1-18(2,3)11-9-8-10-16(19(4,5)6)17(22)21-14-12-20(7)13-15-21;1-18(2,3)12-8-7-9-16(19(4,5)6)17(22)20-13-10-15(21)11-14-20;1-17(2,3)12-10-9-11-15(18(4,5)6)16(21)20-13-19(7,8)14-20;1-17(2,3)11-8-7-9-15(18(4,5)6)16(21)19-12-10-14(20)13-19;1-17(2,3)10-8-7-9-15(18(4,5)6)16(20)19-11-13-21-14-12-19;1-17(2,3)12-8-7-11-15(18(4,5)6)16(20)19-13-9-10-14-19;1-16(2,3)10-8-7-9-14(17(4,5)6)15(18)20-13-11-19-12-13/h16H,8-15H2,1-7H3;15-16,21H,7-14H2,1-6H3;15H,9-14H2,1-8H3;14-15,20H,7-13H2,1-6H3;15H,7-14H2,1-6H3;15H,7-14H2,1-6H3;13-14H,7-12H2,1-6H3. The number of esters is 1. The van der Waals surface area contributed by atoms with Gasteiger partial charge in [-0.05, 0) is 210 Å². The van der Waals surface area contributed by atoms with Crippen LogP contribution < -0.4 is 0 Å². The molecule has 6 amide bonds. The van der Waals surface area contributed by atoms with Crippen LogP contribution >= 0.6 is 0 Å². The van der Waals surface area contributed by atoms with E-state index in [1.54, 1.807) is 0 Å². The van der Waals surface area contributed by atoms with E-state index < -0.39 is 0 Å². The van der Waals surface area contributed by atoms with Crippen LogP contribution in [-0.2, 0) is 47.8 Å². The molecule has 8 atom stereocenters. The molecule has 0 spiro atoms. The van der Waals surface area contributed by atoms with E-state index >= 15 is 0 Å². The summed E-state index contributed by atoms with van der Waals surface area (Å²) in [6, 6.07) is 0. The number of amides is 6. The van der Waals surface area contributed by atoms with Gasteiger partial charge in [0.15, 0.2) is 0 Å². The van der Waals surface area contributed by atoms with Gasteiger partial charge in [0.25, 0.3) is 0 Å². The van der Waals surface area contributed by atoms with Crippen molar-refractivity contribution in [3.63, 3.8) is 0 Å². The lowest BCUT2D eigenvalue weighted by Gasteiger charge is -2.48. The molecule has 0 aliphatic carbocycles. The van der Waals surface area contributed by atoms with Crippen molar-refractivity contribution in [3.8, 4) is 0 Å². The lowest BCUT2D eigenvalue weighted by molar-refractivity contribution is -0.180. The second-order valence-electron chi connectivity index (χ2n) is 63.4. The summed E-state index contributed by atoms with van der Waals surface area (Å²) in [5, 5.41) is 19.3. The molecule has 2 N–H and O–H groups in total. The van der Waals surface area contributed by atoms with E-state index in [4.69, 9.17) is 14.2 Å². The van der Waals surface area contributed by atoms with Gasteiger partial charge in [0.2, 0.25) is 35.4 Å². The first kappa shape index (κ1) is 141. The van der Waals surface area contributed by atoms with Crippen molar-refractivity contribution in [2.75, 3.05) is 125 Å². The molecule has 0 saturated carbocycles. The number of morpholine rings is 1. The van der Waals surface area contributed by atoms with E-state index in [0.29, 0.717) is 125 Å². The Morgan fingerprint density at radius 3 is 0.714 bits per heavy atom. The zero-order valence-corrected chi connectivity index (χ0v) is 106. The first-order valence-electron chi connectivity index (χ1n) is 59.8. The molecule has 7 aliphatic rings. The van der Waals surface area contributed by atoms with Crippen LogP contribution in [0.1, 0.15) is 517 Å². The van der Waals surface area contributed by atoms with E-state index in [1.165, 1.54) is 122 Å². The molecule has 868 valence electrons. The number of hydrogen-bond acceptors (Lipinski definition) is 13. The molecule has 0 radical (unpaired) electrons. The van der Waals surface area contributed by atoms with Gasteiger partial charge in [0.1, 0.15) is 6.10 Å². The van der Waals surface area contributed by atoms with Crippen LogP contribution in [0.2, 0.25) is 0 Å². The van der Waals surface area contributed by atoms with E-state index in [0.717, 1.165) is 155 Å². The number of carbonyl (C=O) groups is 7. The molecule has 19 nitrogen and oxygen atoms in total. The maximum atomic E-state index is 13.0. The van der Waals surface area contributed by atoms with Crippen molar-refractivity contribution in [1.82, 2.24) is 34.3 Å². The topological polar surface area (TPSA) is 210 Å². The number of aliphatic hydroxyl groups excluding tert-OH is 2. The van der Waals surface area contributed by atoms with Gasteiger partial charge in [0.05, 0.1) is 44.6 Å². The molecule has 0 aromatic heterocycles. The quantitative estimate of drug-likeness (QED) is 0.0442. The van der Waals surface area contributed by atoms with Gasteiger partial charge in [-0.3, -0.25) is 33.6 Å². The first-order valence-corrected chi connectivity index (χ1v) is 59.8. The second-order valence-corrected chi connectivity index (χ2v) is 63.4. The fourth-order valence-electron chi connectivity index (χ4n) is 21.3. The Labute approximate surface area is 910 Å². The SMILES string of the molecule is CC(C)(C)CCCCC(C(=O)N1CC(C)(C)C1)C(C)(C)C.CC(C)(C)CCCCC(C(=O)N1CCC(O)C1)C(C)(C)C.CC(C)(C)CCCCC(C(=O)N1CCC(O)CC1)C(C)(C)C.CC(C)(C)CCCCC(C(=O)N1CCCC1)C(C)(C)C.CC(C)(C)CCCCC(C(=O)N1CCOCC1)C(C)(C)C.CC(C)(C)CCCCC(C(=O)OC1COC1)C(C)(C)C.CN1CCN(C(=O)C(CCCCC(C)(C)C)C(C)(C)C)CC1. The third-order valence-electron chi connectivity index (χ3n) is 31.3. The summed E-state index contributed by atoms with van der Waals surface area (Å²) in [5.74, 6) is 2.85. The number of piperazine rings is 1. The van der Waals surface area contributed by atoms with Gasteiger partial charge in [-0.1, -0.05) is 395 Å². The minimum absolute atomic E-state index is 0.00758. The van der Waals surface area contributed by atoms with Gasteiger partial charge in [-0.15, -0.1) is 0 Å². The highest BCUT2D eigenvalue weighted by Gasteiger charge is 2.46. The predicted molar refractivity (Wildman–Crippen MR) is 623 cm³/mol. The highest BCUT2D eigenvalue weighted by atomic mass is 16.6. The Morgan fingerprint density at radius 2 is 0.490 bits per heavy atom. The van der Waals surface area contributed by atoms with Crippen molar-refractivity contribution < 1.29 is 58.0 Å². The Morgan fingerprint density at radius 1 is 0.272 bits per heavy atom. The van der Waals surface area contributed by atoms with Crippen molar-refractivity contribution in [1.29, 1.82) is 0 Å². The van der Waals surface area contributed by atoms with Crippen molar-refractivity contribution in [2.24, 2.45) is 123 Å². The lowest BCUT2D eigenvalue weighted by atomic mass is 9.74. The maximum Gasteiger partial charge on any atom is 0.309 e. The number of nitrogens with zero attached hydrogens (tertiary/aromatic N) is 7. The summed E-state index contributed by atoms with van der Waals surface area (Å²) >= 11 is 0. The number of unbranched alkanes of at least 4 members (excludes halogenated alkanes) is 7. The number of ether oxygens (including phenoxy) is 3. The number of aliphatic hydroxyl groups is 2. The van der Waals surface area contributed by atoms with Crippen molar-refractivity contribution >= 4 is 41.4 Å². The molecule has 7 aliphatic heterocycles. The zero-order chi connectivity index (χ0) is 114. The van der Waals surface area contributed by atoms with E-state index in [9.17, 15) is 43.8 Å². The smallest absolute Gasteiger partial charge is 0.309 e. The van der Waals surface area contributed by atoms with Crippen LogP contribution in [0.5, 0.6) is 0 Å². The van der Waals surface area contributed by atoms with Gasteiger partial charge >= 0.3 is 5.97 Å². The van der Waals surface area contributed by atoms with Crippen LogP contribution in [0.4, 0.5) is 0 Å². The maximum absolute atomic E-state index is 13.0. The number of β-amino-alcohol motifs (C(OH)–C–C–N with tert-alkyl or cyclic N) is 1. The summed E-state index contributed by atoms with van der Waals surface area (Å²) < 4.78 is 15.9. The number of rotatable bonds is 36. The van der Waals surface area contributed by atoms with Gasteiger partial charge < -0.3 is 58.7 Å². The number of hydrogen-bond donors (Lipinski definition) is 2. The third kappa shape index (κ3) is 63.2. The highest BCUT2D eigenvalue weighted by molar-refractivity contribution is 5.83. The molecule has 19 heteroatoms. The molecule has 147 heavy (non-hydrogen) atoms. The predicted octanol–water partition coefficient (Wildman–Crippen LogP) is 30.4. The van der Waals surface area contributed by atoms with E-state index in [-0.39, 0.29) is 110 Å². The number of likely N-dealkylation sites (tertiary alicyclic amines) is 4. The van der Waals surface area contributed by atoms with E-state index in [2.05, 4.69) is 331 Å². The fourth-order valence-corrected chi connectivity index (χ4v) is 21.3. The van der Waals surface area contributed by atoms with Gasteiger partial charge in [-0.25, -0.2) is 0 Å². The molecule has 0 aromatic rings. The summed E-state index contributed by atoms with van der Waals surface area (Å²) in [5.41, 5.74) is 3.28. The van der Waals surface area contributed by atoms with Crippen molar-refractivity contribution in [2.45, 2.75) is 535 Å².